The number of fused-ring (bicyclic) bond motifs is 3. The Morgan fingerprint density at radius 2 is 2.14 bits per heavy atom. The molecule has 1 aromatic heterocycles. The molecule has 116 valence electrons. The fraction of sp³-hybridized carbons (Fsp3) is 0.500. The molecule has 2 aliphatic heterocycles. The summed E-state index contributed by atoms with van der Waals surface area (Å²) in [6.45, 7) is 1.80. The first kappa shape index (κ1) is 13.6. The van der Waals surface area contributed by atoms with Gasteiger partial charge in [0.25, 0.3) is 5.91 Å². The van der Waals surface area contributed by atoms with E-state index in [4.69, 9.17) is 0 Å². The molecule has 0 aliphatic carbocycles. The third-order valence-electron chi connectivity index (χ3n) is 5.04. The van der Waals surface area contributed by atoms with Crippen LogP contribution in [0.1, 0.15) is 16.9 Å². The Morgan fingerprint density at radius 1 is 1.32 bits per heavy atom. The molecule has 4 rings (SSSR count). The molecule has 6 nitrogen and oxygen atoms in total. The summed E-state index contributed by atoms with van der Waals surface area (Å²) in [4.78, 5) is 19.3. The number of carbonyl (C=O) groups is 1. The minimum atomic E-state index is 0.0581. The monoisotopic (exact) mass is 299 g/mol. The maximum atomic E-state index is 12.9. The molecular weight excluding hydrogens is 278 g/mol. The Bertz CT molecular complexity index is 735. The van der Waals surface area contributed by atoms with Crippen LogP contribution >= 0.6 is 0 Å². The first-order valence-corrected chi connectivity index (χ1v) is 7.71. The number of carbonyl (C=O) groups excluding carboxylic acids is 1. The normalized spacial score (nSPS) is 24.4. The molecule has 0 saturated carbocycles. The molecule has 1 amide bonds. The van der Waals surface area contributed by atoms with Gasteiger partial charge in [-0.2, -0.15) is 5.10 Å². The largest absolute Gasteiger partial charge is 0.378 e. The minimum absolute atomic E-state index is 0.0581. The Hall–Kier alpha value is -2.08. The van der Waals surface area contributed by atoms with E-state index in [-0.39, 0.29) is 5.91 Å². The van der Waals surface area contributed by atoms with Gasteiger partial charge < -0.3 is 9.80 Å². The third kappa shape index (κ3) is 1.90. The Kier molecular flexibility index (Phi) is 2.91. The van der Waals surface area contributed by atoms with Crippen molar-refractivity contribution in [3.05, 3.63) is 23.9 Å². The molecule has 22 heavy (non-hydrogen) atoms. The van der Waals surface area contributed by atoms with E-state index in [1.807, 2.05) is 42.1 Å². The average Bonchev–Trinajstić information content (AvgIpc) is 3.18. The first-order chi connectivity index (χ1) is 10.5. The summed E-state index contributed by atoms with van der Waals surface area (Å²) in [7, 11) is 6.13. The number of aromatic nitrogens is 2. The Labute approximate surface area is 129 Å². The van der Waals surface area contributed by atoms with E-state index < -0.39 is 0 Å². The fourth-order valence-corrected chi connectivity index (χ4v) is 3.69. The second kappa shape index (κ2) is 4.71. The van der Waals surface area contributed by atoms with Crippen molar-refractivity contribution in [3.8, 4) is 0 Å². The van der Waals surface area contributed by atoms with Crippen molar-refractivity contribution in [2.45, 2.75) is 18.5 Å². The maximum Gasteiger partial charge on any atom is 0.275 e. The number of nitrogens with one attached hydrogen (secondary N) is 1. The molecule has 2 aliphatic rings. The lowest BCUT2D eigenvalue weighted by Gasteiger charge is -2.31. The van der Waals surface area contributed by atoms with Crippen LogP contribution in [-0.2, 0) is 0 Å². The molecular formula is C16H21N5O. The summed E-state index contributed by atoms with van der Waals surface area (Å²) in [5, 5.41) is 8.19. The molecule has 3 heterocycles. The fourth-order valence-electron chi connectivity index (χ4n) is 3.69. The van der Waals surface area contributed by atoms with Gasteiger partial charge in [-0.15, -0.1) is 0 Å². The minimum Gasteiger partial charge on any atom is -0.378 e. The number of piperazine rings is 1. The number of likely N-dealkylation sites (tertiary alicyclic amines) is 2. The van der Waals surface area contributed by atoms with Crippen molar-refractivity contribution in [3.63, 3.8) is 0 Å². The second-order valence-corrected chi connectivity index (χ2v) is 6.64. The second-order valence-electron chi connectivity index (χ2n) is 6.64. The summed E-state index contributed by atoms with van der Waals surface area (Å²) >= 11 is 0. The lowest BCUT2D eigenvalue weighted by molar-refractivity contribution is 0.0646. The van der Waals surface area contributed by atoms with Gasteiger partial charge in [-0.1, -0.05) is 0 Å². The van der Waals surface area contributed by atoms with Gasteiger partial charge in [0, 0.05) is 50.3 Å². The van der Waals surface area contributed by atoms with Crippen LogP contribution in [0.25, 0.3) is 10.9 Å². The highest BCUT2D eigenvalue weighted by Crippen LogP contribution is 2.31. The Morgan fingerprint density at radius 3 is 2.77 bits per heavy atom. The first-order valence-electron chi connectivity index (χ1n) is 7.71. The highest BCUT2D eigenvalue weighted by Gasteiger charge is 2.44. The summed E-state index contributed by atoms with van der Waals surface area (Å²) in [5.41, 5.74) is 2.54. The van der Waals surface area contributed by atoms with Crippen LogP contribution in [0.2, 0.25) is 0 Å². The smallest absolute Gasteiger partial charge is 0.275 e. The van der Waals surface area contributed by atoms with Gasteiger partial charge in [-0.05, 0) is 31.7 Å². The van der Waals surface area contributed by atoms with Gasteiger partial charge >= 0.3 is 0 Å². The van der Waals surface area contributed by atoms with E-state index in [1.54, 1.807) is 0 Å². The summed E-state index contributed by atoms with van der Waals surface area (Å²) in [6.07, 6.45) is 1.09. The molecule has 2 saturated heterocycles. The van der Waals surface area contributed by atoms with Crippen LogP contribution in [0.15, 0.2) is 18.2 Å². The molecule has 6 heteroatoms. The van der Waals surface area contributed by atoms with Crippen LogP contribution in [0.5, 0.6) is 0 Å². The van der Waals surface area contributed by atoms with E-state index in [2.05, 4.69) is 22.1 Å². The number of nitrogens with zero attached hydrogens (tertiary/aromatic N) is 4. The molecule has 2 aromatic rings. The van der Waals surface area contributed by atoms with Crippen LogP contribution in [-0.4, -0.2) is 72.2 Å². The van der Waals surface area contributed by atoms with Crippen molar-refractivity contribution in [1.29, 1.82) is 0 Å². The van der Waals surface area contributed by atoms with Crippen LogP contribution < -0.4 is 4.90 Å². The maximum absolute atomic E-state index is 12.9. The van der Waals surface area contributed by atoms with Crippen molar-refractivity contribution < 1.29 is 4.79 Å². The number of rotatable bonds is 2. The molecule has 0 radical (unpaired) electrons. The Balaban J connectivity index is 1.69. The van der Waals surface area contributed by atoms with Crippen LogP contribution in [0, 0.1) is 0 Å². The predicted octanol–water partition coefficient (Wildman–Crippen LogP) is 1.16. The van der Waals surface area contributed by atoms with E-state index in [0.717, 1.165) is 36.1 Å². The molecule has 2 atom stereocenters. The van der Waals surface area contributed by atoms with E-state index in [0.29, 0.717) is 17.8 Å². The number of amides is 1. The SMILES string of the molecule is CN(C)c1ccc2[nH]nc(C(=O)N3CC4CC3CN4C)c2c1. The van der Waals surface area contributed by atoms with Crippen molar-refractivity contribution in [2.75, 3.05) is 39.1 Å². The summed E-state index contributed by atoms with van der Waals surface area (Å²) in [6, 6.07) is 6.90. The van der Waals surface area contributed by atoms with Gasteiger partial charge in [-0.25, -0.2) is 0 Å². The number of benzene rings is 1. The lowest BCUT2D eigenvalue weighted by atomic mass is 10.1. The van der Waals surface area contributed by atoms with E-state index in [1.165, 1.54) is 0 Å². The zero-order chi connectivity index (χ0) is 15.4. The summed E-state index contributed by atoms with van der Waals surface area (Å²) in [5.74, 6) is 0.0581. The number of aromatic amines is 1. The van der Waals surface area contributed by atoms with Crippen LogP contribution in [0.4, 0.5) is 5.69 Å². The van der Waals surface area contributed by atoms with Crippen molar-refractivity contribution in [2.24, 2.45) is 0 Å². The van der Waals surface area contributed by atoms with E-state index >= 15 is 0 Å². The molecule has 2 unspecified atom stereocenters. The van der Waals surface area contributed by atoms with Gasteiger partial charge in [0.2, 0.25) is 0 Å². The zero-order valence-corrected chi connectivity index (χ0v) is 13.2. The highest BCUT2D eigenvalue weighted by molar-refractivity contribution is 6.05. The molecule has 1 N–H and O–H groups in total. The quantitative estimate of drug-likeness (QED) is 0.904. The van der Waals surface area contributed by atoms with Crippen molar-refractivity contribution in [1.82, 2.24) is 20.0 Å². The lowest BCUT2D eigenvalue weighted by Crippen LogP contribution is -2.47. The van der Waals surface area contributed by atoms with Gasteiger partial charge in [-0.3, -0.25) is 14.8 Å². The predicted molar refractivity (Wildman–Crippen MR) is 86.3 cm³/mol. The average molecular weight is 299 g/mol. The van der Waals surface area contributed by atoms with Gasteiger partial charge in [0.1, 0.15) is 0 Å². The van der Waals surface area contributed by atoms with Crippen molar-refractivity contribution >= 4 is 22.5 Å². The topological polar surface area (TPSA) is 55.5 Å². The molecule has 0 spiro atoms. The van der Waals surface area contributed by atoms with E-state index in [9.17, 15) is 4.79 Å². The van der Waals surface area contributed by atoms with Gasteiger partial charge in [0.15, 0.2) is 5.69 Å². The van der Waals surface area contributed by atoms with Gasteiger partial charge in [0.05, 0.1) is 5.52 Å². The number of H-pyrrole nitrogens is 1. The summed E-state index contributed by atoms with van der Waals surface area (Å²) < 4.78 is 0. The molecule has 2 fully saturated rings. The zero-order valence-electron chi connectivity index (χ0n) is 13.2. The number of hydrogen-bond donors (Lipinski definition) is 1. The standard InChI is InChI=1S/C16H21N5O/c1-19(2)10-4-5-14-13(7-10)15(18-17-14)16(22)21-9-11-6-12(21)8-20(11)3/h4-5,7,11-12H,6,8-9H2,1-3H3,(H,17,18). The molecule has 2 bridgehead atoms. The number of anilines is 1. The number of likely N-dealkylation sites (N-methyl/N-ethyl adjacent to an activating group) is 1. The third-order valence-corrected chi connectivity index (χ3v) is 5.04. The number of hydrogen-bond acceptors (Lipinski definition) is 4. The molecule has 1 aromatic carbocycles. The highest BCUT2D eigenvalue weighted by atomic mass is 16.2. The van der Waals surface area contributed by atoms with Crippen LogP contribution in [0.3, 0.4) is 0 Å².